The molecule has 1 amide bonds. The van der Waals surface area contributed by atoms with E-state index in [0.717, 1.165) is 19.3 Å². The highest BCUT2D eigenvalue weighted by atomic mass is 32.2. The molecule has 1 fully saturated rings. The van der Waals surface area contributed by atoms with Crippen molar-refractivity contribution in [3.63, 3.8) is 0 Å². The van der Waals surface area contributed by atoms with Gasteiger partial charge in [-0.1, -0.05) is 25.5 Å². The van der Waals surface area contributed by atoms with E-state index in [1.54, 1.807) is 19.1 Å². The molecule has 0 radical (unpaired) electrons. The average Bonchev–Trinajstić information content (AvgIpc) is 3.49. The van der Waals surface area contributed by atoms with Crippen LogP contribution in [0.4, 0.5) is 5.82 Å². The summed E-state index contributed by atoms with van der Waals surface area (Å²) in [7, 11) is -3.67. The van der Waals surface area contributed by atoms with E-state index >= 15 is 0 Å². The number of sulfonamides is 1. The summed E-state index contributed by atoms with van der Waals surface area (Å²) in [5, 5.41) is 7.26. The highest BCUT2D eigenvalue weighted by Gasteiger charge is 2.29. The molecule has 1 aliphatic heterocycles. The number of aryl methyl sites for hydroxylation is 2. The zero-order chi connectivity index (χ0) is 21.5. The molecule has 160 valence electrons. The Labute approximate surface area is 176 Å². The number of aromatic nitrogens is 2. The van der Waals surface area contributed by atoms with E-state index in [2.05, 4.69) is 15.1 Å². The lowest BCUT2D eigenvalue weighted by molar-refractivity contribution is -0.116. The summed E-state index contributed by atoms with van der Waals surface area (Å²) in [6.45, 7) is 4.20. The Morgan fingerprint density at radius 1 is 1.23 bits per heavy atom. The largest absolute Gasteiger partial charge is 0.310 e. The van der Waals surface area contributed by atoms with Crippen molar-refractivity contribution in [1.29, 1.82) is 0 Å². The Balaban J connectivity index is 1.82. The number of hydrogen-bond donors (Lipinski definition) is 2. The van der Waals surface area contributed by atoms with Crippen molar-refractivity contribution in [2.45, 2.75) is 57.3 Å². The zero-order valence-electron chi connectivity index (χ0n) is 17.2. The number of hydrogen-bond acceptors (Lipinski definition) is 5. The fourth-order valence-corrected chi connectivity index (χ4v) is 5.05. The van der Waals surface area contributed by atoms with Gasteiger partial charge in [0.1, 0.15) is 5.82 Å². The quantitative estimate of drug-likeness (QED) is 0.702. The molecule has 1 aromatic carbocycles. The second-order valence-electron chi connectivity index (χ2n) is 8.05. The van der Waals surface area contributed by atoms with E-state index in [1.165, 1.54) is 4.68 Å². The van der Waals surface area contributed by atoms with Crippen LogP contribution in [0.2, 0.25) is 0 Å². The summed E-state index contributed by atoms with van der Waals surface area (Å²) in [5.74, 6) is 0.242. The lowest BCUT2D eigenvalue weighted by Crippen LogP contribution is -2.26. The van der Waals surface area contributed by atoms with Gasteiger partial charge in [0.25, 0.3) is 0 Å². The molecular formula is C21H26N4O4S. The first-order chi connectivity index (χ1) is 14.3. The third kappa shape index (κ3) is 4.04. The molecular weight excluding hydrogens is 404 g/mol. The van der Waals surface area contributed by atoms with Gasteiger partial charge < -0.3 is 5.32 Å². The predicted molar refractivity (Wildman–Crippen MR) is 113 cm³/mol. The van der Waals surface area contributed by atoms with Gasteiger partial charge in [0.15, 0.2) is 0 Å². The lowest BCUT2D eigenvalue weighted by atomic mass is 10.0. The molecule has 0 bridgehead atoms. The van der Waals surface area contributed by atoms with Gasteiger partial charge in [0.2, 0.25) is 21.8 Å². The monoisotopic (exact) mass is 430 g/mol. The van der Waals surface area contributed by atoms with Crippen LogP contribution >= 0.6 is 0 Å². The maximum absolute atomic E-state index is 12.9. The number of amides is 1. The smallest absolute Gasteiger partial charge is 0.249 e. The van der Waals surface area contributed by atoms with Crippen LogP contribution in [0.3, 0.4) is 0 Å². The Bertz CT molecular complexity index is 1120. The Kier molecular flexibility index (Phi) is 5.50. The first kappa shape index (κ1) is 20.7. The third-order valence-corrected chi connectivity index (χ3v) is 7.10. The molecule has 0 atom stereocenters. The maximum Gasteiger partial charge on any atom is 0.249 e. The third-order valence-electron chi connectivity index (χ3n) is 5.53. The van der Waals surface area contributed by atoms with Crippen LogP contribution < -0.4 is 10.0 Å². The number of carbonyl (C=O) groups excluding carboxylic acids is 2. The standard InChI is InChI=1S/C21H26N4O4S/c1-3-4-16-20(21-23-18(26)9-10-19(27)25(21)24-16)15-8-5-13(2)17(11-15)30(28,29)22-12-14-6-7-14/h5,8,11,14,22H,3-4,6-7,9-10,12H2,1-2H3,(H,23,26). The van der Waals surface area contributed by atoms with Crippen LogP contribution in [0.5, 0.6) is 0 Å². The fourth-order valence-electron chi connectivity index (χ4n) is 3.67. The van der Waals surface area contributed by atoms with Gasteiger partial charge in [-0.15, -0.1) is 0 Å². The molecule has 2 N–H and O–H groups in total. The molecule has 4 rings (SSSR count). The van der Waals surface area contributed by atoms with Crippen LogP contribution in [-0.4, -0.2) is 36.6 Å². The average molecular weight is 431 g/mol. The summed E-state index contributed by atoms with van der Waals surface area (Å²) in [4.78, 5) is 24.9. The molecule has 0 saturated heterocycles. The second-order valence-corrected chi connectivity index (χ2v) is 9.78. The van der Waals surface area contributed by atoms with Crippen LogP contribution in [0.25, 0.3) is 11.1 Å². The highest BCUT2D eigenvalue weighted by molar-refractivity contribution is 7.89. The van der Waals surface area contributed by atoms with Crippen molar-refractivity contribution in [2.24, 2.45) is 5.92 Å². The summed E-state index contributed by atoms with van der Waals surface area (Å²) in [6, 6.07) is 5.18. The molecule has 2 aromatic rings. The Morgan fingerprint density at radius 2 is 2.00 bits per heavy atom. The van der Waals surface area contributed by atoms with E-state index in [0.29, 0.717) is 47.1 Å². The summed E-state index contributed by atoms with van der Waals surface area (Å²) >= 11 is 0. The lowest BCUT2D eigenvalue weighted by Gasteiger charge is -2.13. The van der Waals surface area contributed by atoms with Gasteiger partial charge in [-0.25, -0.2) is 13.1 Å². The molecule has 0 spiro atoms. The number of rotatable bonds is 7. The molecule has 0 unspecified atom stereocenters. The number of carbonyl (C=O) groups is 2. The fraction of sp³-hybridized carbons (Fsp3) is 0.476. The minimum atomic E-state index is -3.67. The molecule has 1 aromatic heterocycles. The van der Waals surface area contributed by atoms with Crippen molar-refractivity contribution >= 4 is 27.7 Å². The zero-order valence-corrected chi connectivity index (χ0v) is 18.0. The van der Waals surface area contributed by atoms with Crippen LogP contribution in [0.15, 0.2) is 23.1 Å². The molecule has 2 heterocycles. The van der Waals surface area contributed by atoms with Crippen LogP contribution in [0, 0.1) is 12.8 Å². The molecule has 1 aliphatic carbocycles. The van der Waals surface area contributed by atoms with Crippen molar-refractivity contribution in [1.82, 2.24) is 14.5 Å². The normalized spacial score (nSPS) is 16.9. The SMILES string of the molecule is CCCc1nn2c(c1-c1ccc(C)c(S(=O)(=O)NCC3CC3)c1)NC(=O)CCC2=O. The minimum absolute atomic E-state index is 0.0874. The predicted octanol–water partition coefficient (Wildman–Crippen LogP) is 2.87. The van der Waals surface area contributed by atoms with E-state index < -0.39 is 10.0 Å². The van der Waals surface area contributed by atoms with E-state index in [-0.39, 0.29) is 29.6 Å². The number of benzene rings is 1. The number of nitrogens with zero attached hydrogens (tertiary/aromatic N) is 2. The van der Waals surface area contributed by atoms with Gasteiger partial charge in [0, 0.05) is 24.9 Å². The van der Waals surface area contributed by atoms with Gasteiger partial charge >= 0.3 is 0 Å². The van der Waals surface area contributed by atoms with Crippen LogP contribution in [0.1, 0.15) is 55.1 Å². The van der Waals surface area contributed by atoms with E-state index in [9.17, 15) is 18.0 Å². The second kappa shape index (κ2) is 7.96. The van der Waals surface area contributed by atoms with E-state index in [4.69, 9.17) is 0 Å². The van der Waals surface area contributed by atoms with Crippen LogP contribution in [-0.2, 0) is 21.2 Å². The molecule has 30 heavy (non-hydrogen) atoms. The summed E-state index contributed by atoms with van der Waals surface area (Å²) in [5.41, 5.74) is 2.53. The topological polar surface area (TPSA) is 110 Å². The van der Waals surface area contributed by atoms with Gasteiger partial charge in [-0.3, -0.25) is 9.59 Å². The summed E-state index contributed by atoms with van der Waals surface area (Å²) in [6.07, 6.45) is 3.70. The van der Waals surface area contributed by atoms with E-state index in [1.807, 2.05) is 13.0 Å². The molecule has 1 saturated carbocycles. The molecule has 8 nitrogen and oxygen atoms in total. The summed E-state index contributed by atoms with van der Waals surface area (Å²) < 4.78 is 29.8. The van der Waals surface area contributed by atoms with Gasteiger partial charge in [-0.2, -0.15) is 9.78 Å². The Hall–Kier alpha value is -2.52. The maximum atomic E-state index is 12.9. The first-order valence-corrected chi connectivity index (χ1v) is 11.8. The number of nitrogens with one attached hydrogen (secondary N) is 2. The minimum Gasteiger partial charge on any atom is -0.310 e. The molecule has 9 heteroatoms. The van der Waals surface area contributed by atoms with Crippen molar-refractivity contribution in [3.05, 3.63) is 29.5 Å². The Morgan fingerprint density at radius 3 is 2.70 bits per heavy atom. The van der Waals surface area contributed by atoms with Crippen molar-refractivity contribution < 1.29 is 18.0 Å². The van der Waals surface area contributed by atoms with Crippen molar-refractivity contribution in [2.75, 3.05) is 11.9 Å². The molecule has 2 aliphatic rings. The number of anilines is 1. The van der Waals surface area contributed by atoms with Crippen molar-refractivity contribution in [3.8, 4) is 11.1 Å². The first-order valence-electron chi connectivity index (χ1n) is 10.4. The highest BCUT2D eigenvalue weighted by Crippen LogP contribution is 2.36. The number of fused-ring (bicyclic) bond motifs is 1. The van der Waals surface area contributed by atoms with Gasteiger partial charge in [-0.05, 0) is 49.3 Å². The van der Waals surface area contributed by atoms with Gasteiger partial charge in [0.05, 0.1) is 10.6 Å².